The van der Waals surface area contributed by atoms with Gasteiger partial charge in [0.05, 0.1) is 19.8 Å². The topological polar surface area (TPSA) is 49.7 Å². The van der Waals surface area contributed by atoms with Crippen LogP contribution in [0.4, 0.5) is 0 Å². The number of hydrogen-bond acceptors (Lipinski definition) is 3. The Morgan fingerprint density at radius 3 is 2.30 bits per heavy atom. The van der Waals surface area contributed by atoms with Crippen LogP contribution in [0.3, 0.4) is 0 Å². The zero-order chi connectivity index (χ0) is 7.45. The number of rotatable bonds is 2. The minimum atomic E-state index is -0.349. The normalized spacial score (nSPS) is 24.6. The lowest BCUT2D eigenvalue weighted by atomic mass is 9.84. The van der Waals surface area contributed by atoms with E-state index in [0.29, 0.717) is 6.61 Å². The standard InChI is InChI=1S/C7H14O3/c8-4-7(5-9)2-1-3-10-6-7/h8-9H,1-6H2. The lowest BCUT2D eigenvalue weighted by Crippen LogP contribution is -2.38. The fraction of sp³-hybridized carbons (Fsp3) is 1.00. The van der Waals surface area contributed by atoms with Gasteiger partial charge in [-0.25, -0.2) is 0 Å². The van der Waals surface area contributed by atoms with Gasteiger partial charge in [-0.15, -0.1) is 0 Å². The molecule has 1 aliphatic heterocycles. The van der Waals surface area contributed by atoms with E-state index in [9.17, 15) is 0 Å². The molecular weight excluding hydrogens is 132 g/mol. The quantitative estimate of drug-likeness (QED) is 0.565. The van der Waals surface area contributed by atoms with Crippen LogP contribution < -0.4 is 0 Å². The van der Waals surface area contributed by atoms with E-state index >= 15 is 0 Å². The second kappa shape index (κ2) is 3.32. The molecule has 0 saturated carbocycles. The highest BCUT2D eigenvalue weighted by molar-refractivity contribution is 4.79. The summed E-state index contributed by atoms with van der Waals surface area (Å²) in [5, 5.41) is 17.8. The van der Waals surface area contributed by atoms with Crippen molar-refractivity contribution in [3.8, 4) is 0 Å². The maximum absolute atomic E-state index is 8.90. The summed E-state index contributed by atoms with van der Waals surface area (Å²) in [6.45, 7) is 1.33. The van der Waals surface area contributed by atoms with Gasteiger partial charge in [0, 0.05) is 12.0 Å². The largest absolute Gasteiger partial charge is 0.396 e. The molecule has 1 fully saturated rings. The third-order valence-electron chi connectivity index (χ3n) is 2.07. The van der Waals surface area contributed by atoms with Gasteiger partial charge in [0.2, 0.25) is 0 Å². The van der Waals surface area contributed by atoms with E-state index in [-0.39, 0.29) is 18.6 Å². The minimum absolute atomic E-state index is 0.0312. The Kier molecular flexibility index (Phi) is 2.65. The molecule has 0 radical (unpaired) electrons. The third-order valence-corrected chi connectivity index (χ3v) is 2.07. The molecule has 0 aromatic carbocycles. The molecule has 0 spiro atoms. The third kappa shape index (κ3) is 1.48. The highest BCUT2D eigenvalue weighted by atomic mass is 16.5. The lowest BCUT2D eigenvalue weighted by Gasteiger charge is -2.33. The minimum Gasteiger partial charge on any atom is -0.396 e. The van der Waals surface area contributed by atoms with Gasteiger partial charge >= 0.3 is 0 Å². The highest BCUT2D eigenvalue weighted by Crippen LogP contribution is 2.26. The van der Waals surface area contributed by atoms with Crippen molar-refractivity contribution < 1.29 is 14.9 Å². The smallest absolute Gasteiger partial charge is 0.0566 e. The lowest BCUT2D eigenvalue weighted by molar-refractivity contribution is -0.0658. The van der Waals surface area contributed by atoms with Crippen LogP contribution in [0, 0.1) is 5.41 Å². The number of aliphatic hydroxyl groups excluding tert-OH is 2. The van der Waals surface area contributed by atoms with E-state index in [2.05, 4.69) is 0 Å². The first-order valence-electron chi connectivity index (χ1n) is 3.62. The fourth-order valence-electron chi connectivity index (χ4n) is 1.21. The molecule has 1 aliphatic rings. The number of ether oxygens (including phenoxy) is 1. The Morgan fingerprint density at radius 2 is 2.00 bits per heavy atom. The van der Waals surface area contributed by atoms with Crippen molar-refractivity contribution in [2.45, 2.75) is 12.8 Å². The van der Waals surface area contributed by atoms with Crippen molar-refractivity contribution in [2.75, 3.05) is 26.4 Å². The van der Waals surface area contributed by atoms with E-state index in [1.807, 2.05) is 0 Å². The van der Waals surface area contributed by atoms with E-state index in [4.69, 9.17) is 14.9 Å². The highest BCUT2D eigenvalue weighted by Gasteiger charge is 2.31. The molecule has 60 valence electrons. The predicted molar refractivity (Wildman–Crippen MR) is 36.7 cm³/mol. The van der Waals surface area contributed by atoms with Gasteiger partial charge < -0.3 is 14.9 Å². The van der Waals surface area contributed by atoms with Crippen LogP contribution in [0.5, 0.6) is 0 Å². The van der Waals surface area contributed by atoms with Crippen LogP contribution in [0.25, 0.3) is 0 Å². The van der Waals surface area contributed by atoms with Crippen molar-refractivity contribution in [2.24, 2.45) is 5.41 Å². The summed E-state index contributed by atoms with van der Waals surface area (Å²) >= 11 is 0. The second-order valence-electron chi connectivity index (χ2n) is 2.97. The first kappa shape index (κ1) is 7.98. The summed E-state index contributed by atoms with van der Waals surface area (Å²) in [6, 6.07) is 0. The summed E-state index contributed by atoms with van der Waals surface area (Å²) in [5.74, 6) is 0. The molecule has 0 atom stereocenters. The Hall–Kier alpha value is -0.120. The molecule has 0 aromatic heterocycles. The average molecular weight is 146 g/mol. The molecule has 0 aliphatic carbocycles. The van der Waals surface area contributed by atoms with Gasteiger partial charge in [-0.05, 0) is 12.8 Å². The molecule has 0 unspecified atom stereocenters. The van der Waals surface area contributed by atoms with Crippen molar-refractivity contribution >= 4 is 0 Å². The Labute approximate surface area is 60.6 Å². The first-order valence-corrected chi connectivity index (χ1v) is 3.62. The van der Waals surface area contributed by atoms with E-state index in [1.54, 1.807) is 0 Å². The Balaban J connectivity index is 2.44. The molecular formula is C7H14O3. The van der Waals surface area contributed by atoms with Gasteiger partial charge in [0.15, 0.2) is 0 Å². The maximum atomic E-state index is 8.90. The molecule has 2 N–H and O–H groups in total. The summed E-state index contributed by atoms with van der Waals surface area (Å²) in [5.41, 5.74) is -0.349. The van der Waals surface area contributed by atoms with Crippen LogP contribution in [0.1, 0.15) is 12.8 Å². The van der Waals surface area contributed by atoms with Crippen LogP contribution in [0.2, 0.25) is 0 Å². The van der Waals surface area contributed by atoms with Gasteiger partial charge in [0.25, 0.3) is 0 Å². The summed E-state index contributed by atoms with van der Waals surface area (Å²) in [4.78, 5) is 0. The van der Waals surface area contributed by atoms with Crippen molar-refractivity contribution in [3.63, 3.8) is 0 Å². The predicted octanol–water partition coefficient (Wildman–Crippen LogP) is -0.232. The summed E-state index contributed by atoms with van der Waals surface area (Å²) < 4.78 is 5.15. The molecule has 3 nitrogen and oxygen atoms in total. The molecule has 1 heterocycles. The molecule has 0 aromatic rings. The molecule has 1 saturated heterocycles. The Morgan fingerprint density at radius 1 is 1.30 bits per heavy atom. The van der Waals surface area contributed by atoms with Gasteiger partial charge in [-0.1, -0.05) is 0 Å². The van der Waals surface area contributed by atoms with E-state index < -0.39 is 0 Å². The van der Waals surface area contributed by atoms with Crippen LogP contribution in [-0.4, -0.2) is 36.6 Å². The molecule has 10 heavy (non-hydrogen) atoms. The first-order chi connectivity index (χ1) is 4.83. The number of aliphatic hydroxyl groups is 2. The fourth-order valence-corrected chi connectivity index (χ4v) is 1.21. The van der Waals surface area contributed by atoms with Crippen molar-refractivity contribution in [1.82, 2.24) is 0 Å². The van der Waals surface area contributed by atoms with Crippen LogP contribution >= 0.6 is 0 Å². The zero-order valence-electron chi connectivity index (χ0n) is 6.05. The van der Waals surface area contributed by atoms with Gasteiger partial charge in [-0.2, -0.15) is 0 Å². The molecule has 1 rings (SSSR count). The van der Waals surface area contributed by atoms with Crippen molar-refractivity contribution in [1.29, 1.82) is 0 Å². The average Bonchev–Trinajstić information content (AvgIpc) is 2.06. The van der Waals surface area contributed by atoms with Crippen LogP contribution in [-0.2, 0) is 4.74 Å². The van der Waals surface area contributed by atoms with Gasteiger partial charge in [0.1, 0.15) is 0 Å². The van der Waals surface area contributed by atoms with E-state index in [1.165, 1.54) is 0 Å². The molecule has 3 heteroatoms. The van der Waals surface area contributed by atoms with Gasteiger partial charge in [-0.3, -0.25) is 0 Å². The number of hydrogen-bond donors (Lipinski definition) is 2. The molecule has 0 amide bonds. The van der Waals surface area contributed by atoms with Crippen LogP contribution in [0.15, 0.2) is 0 Å². The SMILES string of the molecule is OCC1(CO)CCCOC1. The van der Waals surface area contributed by atoms with Crippen molar-refractivity contribution in [3.05, 3.63) is 0 Å². The summed E-state index contributed by atoms with van der Waals surface area (Å²) in [7, 11) is 0. The maximum Gasteiger partial charge on any atom is 0.0566 e. The second-order valence-corrected chi connectivity index (χ2v) is 2.97. The molecule has 0 bridgehead atoms. The zero-order valence-corrected chi connectivity index (χ0v) is 6.05. The monoisotopic (exact) mass is 146 g/mol. The Bertz CT molecular complexity index is 91.0. The summed E-state index contributed by atoms with van der Waals surface area (Å²) in [6.07, 6.45) is 1.82. The van der Waals surface area contributed by atoms with E-state index in [0.717, 1.165) is 19.4 Å².